The van der Waals surface area contributed by atoms with E-state index < -0.39 is 41.9 Å². The molecule has 3 fully saturated rings. The third-order valence-corrected chi connectivity index (χ3v) is 3.32. The molecular formula is C12H20O7. The molecule has 110 valence electrons. The van der Waals surface area contributed by atoms with E-state index in [9.17, 15) is 0 Å². The minimum atomic E-state index is -2.15. The van der Waals surface area contributed by atoms with Crippen LogP contribution in [0.5, 0.6) is 0 Å². The molecule has 0 aromatic rings. The largest absolute Gasteiger partial charge is 0.361 e. The molecule has 19 heavy (non-hydrogen) atoms. The normalized spacial score (nSPS) is 52.4. The molecular weight excluding hydrogens is 256 g/mol. The molecule has 3 heterocycles. The first-order chi connectivity index (χ1) is 10.1. The summed E-state index contributed by atoms with van der Waals surface area (Å²) in [5.41, 5.74) is 0. The maximum atomic E-state index is 8.61. The number of aliphatic hydroxyl groups is 2. The van der Waals surface area contributed by atoms with Gasteiger partial charge in [0.15, 0.2) is 24.0 Å². The topological polar surface area (TPSA) is 86.6 Å². The van der Waals surface area contributed by atoms with Gasteiger partial charge in [0, 0.05) is 0 Å². The zero-order valence-electron chi connectivity index (χ0n) is 14.3. The molecule has 3 aliphatic heterocycles. The Bertz CT molecular complexity index is 456. The van der Waals surface area contributed by atoms with E-state index in [-0.39, 0.29) is 6.61 Å². The molecule has 0 spiro atoms. The van der Waals surface area contributed by atoms with Crippen molar-refractivity contribution in [1.82, 2.24) is 0 Å². The second-order valence-corrected chi connectivity index (χ2v) is 5.89. The monoisotopic (exact) mass is 279 g/mol. The second-order valence-electron chi connectivity index (χ2n) is 5.89. The van der Waals surface area contributed by atoms with Gasteiger partial charge in [-0.15, -0.1) is 0 Å². The molecule has 7 heteroatoms. The first-order valence-corrected chi connectivity index (χ1v) is 6.23. The Kier molecular flexibility index (Phi) is 2.13. The lowest BCUT2D eigenvalue weighted by atomic mass is 10.0. The van der Waals surface area contributed by atoms with Gasteiger partial charge in [0.25, 0.3) is 0 Å². The first kappa shape index (κ1) is 10.4. The van der Waals surface area contributed by atoms with Crippen LogP contribution in [0, 0.1) is 0 Å². The Morgan fingerprint density at radius 3 is 2.42 bits per heavy atom. The van der Waals surface area contributed by atoms with Crippen LogP contribution < -0.4 is 0 Å². The molecule has 7 nitrogen and oxygen atoms in total. The quantitative estimate of drug-likeness (QED) is 0.686. The fourth-order valence-electron chi connectivity index (χ4n) is 2.54. The minimum absolute atomic E-state index is 0.0216. The molecule has 3 aliphatic rings. The van der Waals surface area contributed by atoms with E-state index in [1.807, 2.05) is 0 Å². The SMILES string of the molecule is [2H]OC1(O[2H])[C@H]2OC(C)(C)O[C@H]2O[C@]1([2H])[C@H]1COC(C)(C)O1. The summed E-state index contributed by atoms with van der Waals surface area (Å²) < 4.78 is 51.2. The van der Waals surface area contributed by atoms with Crippen molar-refractivity contribution in [3.05, 3.63) is 0 Å². The van der Waals surface area contributed by atoms with Gasteiger partial charge in [-0.25, -0.2) is 0 Å². The molecule has 0 saturated carbocycles. The van der Waals surface area contributed by atoms with Crippen molar-refractivity contribution in [2.75, 3.05) is 6.61 Å². The summed E-state index contributed by atoms with van der Waals surface area (Å²) in [6.45, 7) is 6.70. The van der Waals surface area contributed by atoms with Gasteiger partial charge < -0.3 is 33.9 Å². The Hall–Kier alpha value is -0.280. The standard InChI is InChI=1S/C12H20O7/c1-10(2)15-5-6(17-10)7-12(13,14)8-9(16-7)19-11(3,4)18-8/h6-9,13-14H,5H2,1-4H3/t6-,7-,8+,9-/m1/s1/i7D,13D,14D. The molecule has 3 rings (SSSR count). The average molecular weight is 279 g/mol. The zero-order chi connectivity index (χ0) is 16.4. The van der Waals surface area contributed by atoms with Gasteiger partial charge in [0.05, 0.1) is 7.98 Å². The van der Waals surface area contributed by atoms with Crippen LogP contribution in [0.25, 0.3) is 0 Å². The van der Waals surface area contributed by atoms with Crippen LogP contribution in [0.2, 0.25) is 0 Å². The van der Waals surface area contributed by atoms with Gasteiger partial charge in [-0.05, 0) is 27.7 Å². The lowest BCUT2D eigenvalue weighted by Gasteiger charge is -2.31. The third-order valence-electron chi connectivity index (χ3n) is 3.32. The number of hydrogen-bond acceptors (Lipinski definition) is 7. The van der Waals surface area contributed by atoms with Crippen LogP contribution in [0.3, 0.4) is 0 Å². The summed E-state index contributed by atoms with van der Waals surface area (Å²) in [5.74, 6) is -4.08. The predicted octanol–water partition coefficient (Wildman–Crippen LogP) is -0.305. The van der Waals surface area contributed by atoms with E-state index >= 15 is 0 Å². The number of ether oxygens (including phenoxy) is 5. The van der Waals surface area contributed by atoms with Crippen molar-refractivity contribution in [2.45, 2.75) is 69.6 Å². The summed E-state index contributed by atoms with van der Waals surface area (Å²) in [6.07, 6.45) is -5.10. The Morgan fingerprint density at radius 2 is 1.84 bits per heavy atom. The number of fused-ring (bicyclic) bond motifs is 1. The van der Waals surface area contributed by atoms with Crippen molar-refractivity contribution in [3.63, 3.8) is 0 Å². The molecule has 0 unspecified atom stereocenters. The summed E-state index contributed by atoms with van der Waals surface area (Å²) in [4.78, 5) is 0. The van der Waals surface area contributed by atoms with Crippen molar-refractivity contribution >= 4 is 0 Å². The van der Waals surface area contributed by atoms with Crippen molar-refractivity contribution in [3.8, 4) is 0 Å². The smallest absolute Gasteiger partial charge is 0.225 e. The lowest BCUT2D eigenvalue weighted by Crippen LogP contribution is -2.54. The maximum absolute atomic E-state index is 8.61. The highest BCUT2D eigenvalue weighted by molar-refractivity contribution is 5.02. The minimum Gasteiger partial charge on any atom is -0.361 e. The average Bonchev–Trinajstić information content (AvgIpc) is 2.98. The molecule has 2 N–H and O–H groups in total. The van der Waals surface area contributed by atoms with Crippen LogP contribution in [-0.4, -0.2) is 61.6 Å². The summed E-state index contributed by atoms with van der Waals surface area (Å²) >= 11 is 0. The van der Waals surface area contributed by atoms with E-state index in [1.54, 1.807) is 27.7 Å². The molecule has 0 amide bonds. The van der Waals surface area contributed by atoms with Gasteiger partial charge in [0.2, 0.25) is 8.65 Å². The van der Waals surface area contributed by atoms with Gasteiger partial charge in [-0.3, -0.25) is 0 Å². The highest BCUT2D eigenvalue weighted by Crippen LogP contribution is 2.44. The molecule has 0 aromatic carbocycles. The summed E-state index contributed by atoms with van der Waals surface area (Å²) in [7, 11) is 0. The molecule has 0 radical (unpaired) electrons. The van der Waals surface area contributed by atoms with Crippen LogP contribution in [0.1, 0.15) is 29.1 Å². The molecule has 0 bridgehead atoms. The molecule has 4 atom stereocenters. The second kappa shape index (κ2) is 3.88. The van der Waals surface area contributed by atoms with Gasteiger partial charge in [0.1, 0.15) is 12.2 Å². The number of hydrogen-bond donors (Lipinski definition) is 2. The Morgan fingerprint density at radius 1 is 1.11 bits per heavy atom. The molecule has 3 saturated heterocycles. The van der Waals surface area contributed by atoms with Crippen LogP contribution >= 0.6 is 0 Å². The lowest BCUT2D eigenvalue weighted by molar-refractivity contribution is -0.297. The summed E-state index contributed by atoms with van der Waals surface area (Å²) in [6, 6.07) is 0. The van der Waals surface area contributed by atoms with E-state index in [2.05, 4.69) is 10.2 Å². The van der Waals surface area contributed by atoms with Crippen molar-refractivity contribution < 1.29 is 35.3 Å². The number of rotatable bonds is 3. The summed E-state index contributed by atoms with van der Waals surface area (Å²) in [5, 5.41) is 9.28. The predicted molar refractivity (Wildman–Crippen MR) is 60.8 cm³/mol. The van der Waals surface area contributed by atoms with E-state index in [0.29, 0.717) is 0 Å². The molecule has 0 aliphatic carbocycles. The third kappa shape index (κ3) is 2.19. The van der Waals surface area contributed by atoms with Gasteiger partial charge in [-0.2, -0.15) is 0 Å². The van der Waals surface area contributed by atoms with Crippen molar-refractivity contribution in [2.24, 2.45) is 0 Å². The molecule has 0 aromatic heterocycles. The fourth-order valence-corrected chi connectivity index (χ4v) is 2.54. The Labute approximate surface area is 115 Å². The highest BCUT2D eigenvalue weighted by atomic mass is 16.9. The van der Waals surface area contributed by atoms with E-state index in [0.717, 1.165) is 0 Å². The van der Waals surface area contributed by atoms with Crippen LogP contribution in [0.15, 0.2) is 0 Å². The van der Waals surface area contributed by atoms with E-state index in [1.165, 1.54) is 0 Å². The highest BCUT2D eigenvalue weighted by Gasteiger charge is 2.65. The van der Waals surface area contributed by atoms with Crippen LogP contribution in [-0.2, 0) is 23.7 Å². The van der Waals surface area contributed by atoms with Gasteiger partial charge in [-0.1, -0.05) is 0 Å². The fraction of sp³-hybridized carbons (Fsp3) is 1.00. The Balaban J connectivity index is 1.95. The zero-order valence-corrected chi connectivity index (χ0v) is 11.3. The van der Waals surface area contributed by atoms with E-state index in [4.69, 9.17) is 27.9 Å². The first-order valence-electron chi connectivity index (χ1n) is 7.55. The maximum Gasteiger partial charge on any atom is 0.225 e. The van der Waals surface area contributed by atoms with Gasteiger partial charge >= 0.3 is 0 Å². The van der Waals surface area contributed by atoms with Crippen LogP contribution in [0.4, 0.5) is 0 Å². The van der Waals surface area contributed by atoms with Crippen molar-refractivity contribution in [1.29, 1.82) is 2.86 Å².